The highest BCUT2D eigenvalue weighted by Gasteiger charge is 2.20. The first-order valence-electron chi connectivity index (χ1n) is 25.8. The van der Waals surface area contributed by atoms with Gasteiger partial charge < -0.3 is 18.1 Å². The third-order valence-electron chi connectivity index (χ3n) is 15.2. The fourth-order valence-corrected chi connectivity index (χ4v) is 11.7. The van der Waals surface area contributed by atoms with Crippen LogP contribution in [0, 0.1) is 12.3 Å². The summed E-state index contributed by atoms with van der Waals surface area (Å²) in [6.45, 7) is 2.09. The Labute approximate surface area is 442 Å². The number of hydrogen-bond donors (Lipinski definition) is 0. The third kappa shape index (κ3) is 7.04. The molecule has 0 bridgehead atoms. The van der Waals surface area contributed by atoms with Gasteiger partial charge in [-0.3, -0.25) is 0 Å². The predicted molar refractivity (Wildman–Crippen MR) is 317 cm³/mol. The first-order chi connectivity index (χ1) is 38.1. The van der Waals surface area contributed by atoms with Crippen LogP contribution in [0.1, 0.15) is 6.92 Å². The molecule has 5 aromatic heterocycles. The summed E-state index contributed by atoms with van der Waals surface area (Å²) < 4.78 is 13.5. The van der Waals surface area contributed by atoms with Crippen LogP contribution in [0.5, 0.6) is 0 Å². The molecule has 0 unspecified atom stereocenters. The molecule has 0 aliphatic carbocycles. The van der Waals surface area contributed by atoms with Gasteiger partial charge >= 0.3 is 0 Å². The monoisotopic (exact) mass is 984 g/mol. The van der Waals surface area contributed by atoms with E-state index >= 15 is 0 Å². The normalized spacial score (nSPS) is 12.4. The van der Waals surface area contributed by atoms with E-state index in [9.17, 15) is 0 Å². The van der Waals surface area contributed by atoms with Crippen molar-refractivity contribution in [2.75, 3.05) is 0 Å². The molecule has 0 fully saturated rings. The summed E-state index contributed by atoms with van der Waals surface area (Å²) in [4.78, 5) is 15.0. The maximum atomic E-state index is 6.51. The molecule has 0 saturated heterocycles. The first-order valence-corrected chi connectivity index (χ1v) is 25.8. The second kappa shape index (κ2) is 17.6. The molecule has 0 aliphatic rings. The quantitative estimate of drug-likeness (QED) is 0.149. The molecule has 5 heterocycles. The van der Waals surface area contributed by atoms with E-state index in [-0.39, 0.29) is 0 Å². The highest BCUT2D eigenvalue weighted by molar-refractivity contribution is 6.14. The molecule has 0 atom stereocenters. The zero-order valence-corrected chi connectivity index (χ0v) is 41.8. The van der Waals surface area contributed by atoms with Crippen LogP contribution in [0.4, 0.5) is 0 Å². The molecule has 7 nitrogen and oxygen atoms in total. The van der Waals surface area contributed by atoms with Gasteiger partial charge in [0.25, 0.3) is 0 Å². The maximum absolute atomic E-state index is 6.51. The van der Waals surface area contributed by atoms with Crippen LogP contribution in [-0.4, -0.2) is 28.7 Å². The summed E-state index contributed by atoms with van der Waals surface area (Å²) in [7, 11) is 0. The molecule has 15 rings (SSSR count). The van der Waals surface area contributed by atoms with Gasteiger partial charge in [-0.2, -0.15) is 0 Å². The summed E-state index contributed by atoms with van der Waals surface area (Å²) in [6.07, 6.45) is 9.99. The zero-order valence-electron chi connectivity index (χ0n) is 41.8. The molecule has 0 aliphatic heterocycles. The second-order valence-corrected chi connectivity index (χ2v) is 19.5. The summed E-state index contributed by atoms with van der Waals surface area (Å²) in [5.41, 5.74) is 15.5. The molecule has 77 heavy (non-hydrogen) atoms. The van der Waals surface area contributed by atoms with Crippen molar-refractivity contribution in [1.29, 1.82) is 0 Å². The van der Waals surface area contributed by atoms with Crippen molar-refractivity contribution in [3.05, 3.63) is 241 Å². The Hall–Kier alpha value is -10.6. The van der Waals surface area contributed by atoms with Gasteiger partial charge in [0.1, 0.15) is 11.2 Å². The fraction of sp³-hybridized carbons (Fsp3) is 0.0143. The van der Waals surface area contributed by atoms with Gasteiger partial charge in [-0.1, -0.05) is 139 Å². The molecule has 0 saturated carbocycles. The summed E-state index contributed by atoms with van der Waals surface area (Å²) in [6, 6.07) is 81.3. The van der Waals surface area contributed by atoms with Crippen molar-refractivity contribution in [3.8, 4) is 74.7 Å². The van der Waals surface area contributed by atoms with E-state index in [0.29, 0.717) is 17.5 Å². The molecule has 7 heteroatoms. The van der Waals surface area contributed by atoms with Crippen molar-refractivity contribution >= 4 is 88.6 Å². The first kappa shape index (κ1) is 44.0. The Morgan fingerprint density at radius 1 is 0.364 bits per heavy atom. The minimum absolute atomic E-state index is 0.597. The van der Waals surface area contributed by atoms with Crippen LogP contribution in [0.15, 0.2) is 235 Å². The van der Waals surface area contributed by atoms with Gasteiger partial charge in [0.05, 0.1) is 32.9 Å². The lowest BCUT2D eigenvalue weighted by atomic mass is 10.0. The molecular weight excluding hydrogens is 941 g/mol. The summed E-state index contributed by atoms with van der Waals surface area (Å²) >= 11 is 0. The van der Waals surface area contributed by atoms with Crippen molar-refractivity contribution < 1.29 is 4.42 Å². The van der Waals surface area contributed by atoms with Gasteiger partial charge in [0.15, 0.2) is 17.5 Å². The second-order valence-electron chi connectivity index (χ2n) is 19.5. The largest absolute Gasteiger partial charge is 0.456 e. The average Bonchev–Trinajstić information content (AvgIpc) is 4.26. The van der Waals surface area contributed by atoms with Gasteiger partial charge in [-0.05, 0) is 121 Å². The van der Waals surface area contributed by atoms with Crippen LogP contribution < -0.4 is 10.6 Å². The van der Waals surface area contributed by atoms with Crippen molar-refractivity contribution in [1.82, 2.24) is 28.7 Å². The molecule has 15 aromatic rings. The number of hydrogen-bond acceptors (Lipinski definition) is 4. The van der Waals surface area contributed by atoms with E-state index in [1.54, 1.807) is 0 Å². The number of para-hydroxylation sites is 3. The molecule has 360 valence electrons. The molecule has 0 spiro atoms. The van der Waals surface area contributed by atoms with Crippen molar-refractivity contribution in [2.24, 2.45) is 0 Å². The fourth-order valence-electron chi connectivity index (χ4n) is 11.7. The number of nitrogens with zero attached hydrogens (tertiary/aromatic N) is 6. The molecule has 10 aromatic carbocycles. The van der Waals surface area contributed by atoms with Gasteiger partial charge in [0, 0.05) is 82.8 Å². The maximum Gasteiger partial charge on any atom is 0.164 e. The van der Waals surface area contributed by atoms with Crippen LogP contribution in [0.25, 0.3) is 151 Å². The standard InChI is InChI=1S/C70H44N6O/c1-3-18-60-52(4-2)57-42-50(32-36-65(57)74(60)49-23-12-7-13-24-49)75-61-27-16-14-25-53(61)55-39-46(29-34-63(55)75)47-30-35-64-56(40-47)54-26-15-17-28-62(54)76(64)51-33-38-67-59(43-51)58-41-48(31-37-66(58)77-67)70-72-68(44-19-8-5-9-20-44)71-69(73-70)45-21-10-6-11-22-45/h1,4-43H,2H3/b52-4-,60-18+. The SMILES string of the molecule is C#C/C=c1\c(=C/C)c2cc(-n3c4ccccc4c4cc(-c5ccc6c(c5)c5ccccc5n6-c5ccc6oc7ccc(-c8nc(-c9ccccc9)nc(-c9ccccc9)n8)cc7c6c5)ccc43)ccc2n1-c1ccccc1. The van der Waals surface area contributed by atoms with Gasteiger partial charge in [-0.15, -0.1) is 6.42 Å². The highest BCUT2D eigenvalue weighted by Crippen LogP contribution is 2.40. The van der Waals surface area contributed by atoms with Gasteiger partial charge in [-0.25, -0.2) is 15.0 Å². The van der Waals surface area contributed by atoms with Crippen LogP contribution in [0.2, 0.25) is 0 Å². The van der Waals surface area contributed by atoms with Crippen molar-refractivity contribution in [2.45, 2.75) is 6.92 Å². The van der Waals surface area contributed by atoms with Crippen LogP contribution in [0.3, 0.4) is 0 Å². The van der Waals surface area contributed by atoms with Gasteiger partial charge in [0.2, 0.25) is 0 Å². The molecular formula is C70H44N6O. The lowest BCUT2D eigenvalue weighted by molar-refractivity contribution is 0.669. The minimum Gasteiger partial charge on any atom is -0.456 e. The van der Waals surface area contributed by atoms with Crippen LogP contribution >= 0.6 is 0 Å². The number of fused-ring (bicyclic) bond motifs is 10. The Kier molecular flexibility index (Phi) is 10.0. The summed E-state index contributed by atoms with van der Waals surface area (Å²) in [5.74, 6) is 4.65. The number of aromatic nitrogens is 6. The zero-order chi connectivity index (χ0) is 51.1. The third-order valence-corrected chi connectivity index (χ3v) is 15.2. The smallest absolute Gasteiger partial charge is 0.164 e. The lowest BCUT2D eigenvalue weighted by Gasteiger charge is -2.11. The number of benzene rings is 10. The Balaban J connectivity index is 0.837. The topological polar surface area (TPSA) is 66.6 Å². The minimum atomic E-state index is 0.597. The number of rotatable bonds is 7. The van der Waals surface area contributed by atoms with E-state index < -0.39 is 0 Å². The summed E-state index contributed by atoms with van der Waals surface area (Å²) in [5, 5.41) is 10.0. The number of terminal acetylenes is 1. The van der Waals surface area contributed by atoms with Crippen LogP contribution in [-0.2, 0) is 0 Å². The molecule has 0 radical (unpaired) electrons. The van der Waals surface area contributed by atoms with E-state index in [0.717, 1.165) is 110 Å². The average molecular weight is 985 g/mol. The van der Waals surface area contributed by atoms with E-state index in [2.05, 4.69) is 184 Å². The van der Waals surface area contributed by atoms with E-state index in [1.807, 2.05) is 84.9 Å². The van der Waals surface area contributed by atoms with Crippen molar-refractivity contribution in [3.63, 3.8) is 0 Å². The Bertz CT molecular complexity index is 5000. The van der Waals surface area contributed by atoms with E-state index in [4.69, 9.17) is 25.8 Å². The molecule has 0 N–H and O–H groups in total. The predicted octanol–water partition coefficient (Wildman–Crippen LogP) is 15.8. The highest BCUT2D eigenvalue weighted by atomic mass is 16.3. The Morgan fingerprint density at radius 2 is 0.792 bits per heavy atom. The van der Waals surface area contributed by atoms with E-state index in [1.165, 1.54) is 21.5 Å². The number of furan rings is 1. The Morgan fingerprint density at radius 3 is 1.36 bits per heavy atom. The molecule has 0 amide bonds. The lowest BCUT2D eigenvalue weighted by Crippen LogP contribution is -2.28.